The van der Waals surface area contributed by atoms with E-state index in [-0.39, 0.29) is 41.1 Å². The number of carboxylic acids is 1. The molecule has 3 N–H and O–H groups in total. The first kappa shape index (κ1) is 38.8. The van der Waals surface area contributed by atoms with Crippen molar-refractivity contribution in [3.63, 3.8) is 0 Å². The van der Waals surface area contributed by atoms with Crippen LogP contribution < -0.4 is 16.2 Å². The fourth-order valence-electron chi connectivity index (χ4n) is 5.92. The van der Waals surface area contributed by atoms with Crippen LogP contribution in [0.25, 0.3) is 22.0 Å². The molecule has 4 rings (SSSR count). The van der Waals surface area contributed by atoms with Gasteiger partial charge in [0.05, 0.1) is 16.6 Å². The Balaban J connectivity index is 0.00000319. The van der Waals surface area contributed by atoms with Gasteiger partial charge < -0.3 is 20.3 Å². The number of nitrogens with zero attached hydrogens (tertiary/aromatic N) is 2. The van der Waals surface area contributed by atoms with Crippen LogP contribution in [0.5, 0.6) is 0 Å². The summed E-state index contributed by atoms with van der Waals surface area (Å²) in [6.45, 7) is 12.8. The van der Waals surface area contributed by atoms with E-state index in [1.165, 1.54) is 36.0 Å². The second-order valence-electron chi connectivity index (χ2n) is 11.9. The van der Waals surface area contributed by atoms with Crippen LogP contribution in [0, 0.1) is 19.7 Å². The molecule has 0 saturated carbocycles. The monoisotopic (exact) mass is 680 g/mol. The molecular weight excluding hydrogens is 633 g/mol. The highest BCUT2D eigenvalue weighted by molar-refractivity contribution is 5.99. The van der Waals surface area contributed by atoms with Crippen molar-refractivity contribution in [2.75, 3.05) is 5.32 Å². The average molecular weight is 681 g/mol. The molecule has 2 aromatic carbocycles. The summed E-state index contributed by atoms with van der Waals surface area (Å²) < 4.78 is 47.4. The van der Waals surface area contributed by atoms with Crippen molar-refractivity contribution >= 4 is 28.5 Å². The summed E-state index contributed by atoms with van der Waals surface area (Å²) in [4.78, 5) is 43.6. The smallest absolute Gasteiger partial charge is 0.326 e. The Bertz CT molecular complexity index is 1850. The molecule has 2 heterocycles. The topological polar surface area (TPSA) is 113 Å². The van der Waals surface area contributed by atoms with Gasteiger partial charge in [-0.2, -0.15) is 0 Å². The molecular formula is C38H47F3N4O4. The second-order valence-corrected chi connectivity index (χ2v) is 11.9. The highest BCUT2D eigenvalue weighted by Crippen LogP contribution is 2.40. The van der Waals surface area contributed by atoms with Crippen LogP contribution in [-0.2, 0) is 24.2 Å². The first-order chi connectivity index (χ1) is 23.2. The third kappa shape index (κ3) is 8.50. The Labute approximate surface area is 285 Å². The lowest BCUT2D eigenvalue weighted by atomic mass is 9.90. The second kappa shape index (κ2) is 16.6. The molecule has 2 aromatic heterocycles. The lowest BCUT2D eigenvalue weighted by molar-refractivity contribution is -0.139. The standard InChI is InChI=1S/C36H41F3N4O4.C2H6/c1-7-14-36(38,39)27-17-21(5)43(6)34(45)31(27)26-13-12-22(25-11-10-15-40-32(25)26)18-29(35(46)47)42-33(44)30-20(4)16-24(19-28(30)37)41-23(8-2)9-3;1-2/h10-13,15-17,19,23,29,41H,7-9,14,18H2,1-6H3,(H,42,44)(H,46,47);1-2H3/t29-;/m0./s1. The van der Waals surface area contributed by atoms with Crippen molar-refractivity contribution in [2.45, 2.75) is 98.6 Å². The van der Waals surface area contributed by atoms with Gasteiger partial charge in [0, 0.05) is 60.0 Å². The van der Waals surface area contributed by atoms with Crippen LogP contribution in [0.3, 0.4) is 0 Å². The van der Waals surface area contributed by atoms with Gasteiger partial charge in [-0.15, -0.1) is 0 Å². The largest absolute Gasteiger partial charge is 0.480 e. The predicted molar refractivity (Wildman–Crippen MR) is 189 cm³/mol. The Kier molecular flexibility index (Phi) is 13.2. The number of hydrogen-bond donors (Lipinski definition) is 3. The summed E-state index contributed by atoms with van der Waals surface area (Å²) in [7, 11) is 1.51. The number of amides is 1. The van der Waals surface area contributed by atoms with Crippen LogP contribution in [0.15, 0.2) is 53.5 Å². The molecule has 1 amide bonds. The van der Waals surface area contributed by atoms with Crippen molar-refractivity contribution < 1.29 is 27.9 Å². The van der Waals surface area contributed by atoms with Crippen LogP contribution >= 0.6 is 0 Å². The average Bonchev–Trinajstić information content (AvgIpc) is 3.06. The van der Waals surface area contributed by atoms with Crippen LogP contribution in [0.2, 0.25) is 0 Å². The summed E-state index contributed by atoms with van der Waals surface area (Å²) >= 11 is 0. The number of carbonyl (C=O) groups is 2. The molecule has 49 heavy (non-hydrogen) atoms. The lowest BCUT2D eigenvalue weighted by Crippen LogP contribution is -2.43. The highest BCUT2D eigenvalue weighted by atomic mass is 19.3. The molecule has 0 radical (unpaired) electrons. The molecule has 0 aliphatic heterocycles. The van der Waals surface area contributed by atoms with Crippen molar-refractivity contribution in [3.8, 4) is 11.1 Å². The number of carbonyl (C=O) groups excluding carboxylic acids is 1. The zero-order chi connectivity index (χ0) is 36.6. The molecule has 264 valence electrons. The van der Waals surface area contributed by atoms with Gasteiger partial charge in [0.2, 0.25) is 0 Å². The summed E-state index contributed by atoms with van der Waals surface area (Å²) in [6, 6.07) is 9.16. The predicted octanol–water partition coefficient (Wildman–Crippen LogP) is 8.30. The van der Waals surface area contributed by atoms with Gasteiger partial charge in [-0.1, -0.05) is 59.2 Å². The number of aliphatic carboxylic acids is 1. The van der Waals surface area contributed by atoms with E-state index in [0.717, 1.165) is 12.8 Å². The first-order valence-corrected chi connectivity index (χ1v) is 16.8. The number of alkyl halides is 2. The zero-order valence-electron chi connectivity index (χ0n) is 29.5. The number of nitrogens with one attached hydrogen (secondary N) is 2. The van der Waals surface area contributed by atoms with E-state index in [4.69, 9.17) is 0 Å². The minimum Gasteiger partial charge on any atom is -0.480 e. The number of pyridine rings is 2. The summed E-state index contributed by atoms with van der Waals surface area (Å²) in [5.41, 5.74) is 0.668. The van der Waals surface area contributed by atoms with E-state index in [1.807, 2.05) is 27.7 Å². The molecule has 0 unspecified atom stereocenters. The van der Waals surface area contributed by atoms with Gasteiger partial charge in [0.15, 0.2) is 0 Å². The lowest BCUT2D eigenvalue weighted by Gasteiger charge is -2.22. The fourth-order valence-corrected chi connectivity index (χ4v) is 5.92. The number of aryl methyl sites for hydroxylation is 2. The number of hydrogen-bond acceptors (Lipinski definition) is 5. The molecule has 0 bridgehead atoms. The van der Waals surface area contributed by atoms with Gasteiger partial charge >= 0.3 is 5.97 Å². The van der Waals surface area contributed by atoms with Gasteiger partial charge in [-0.25, -0.2) is 18.0 Å². The summed E-state index contributed by atoms with van der Waals surface area (Å²) in [5, 5.41) is 16.2. The number of anilines is 1. The Morgan fingerprint density at radius 1 is 1.04 bits per heavy atom. The number of halogens is 3. The molecule has 0 aliphatic rings. The number of benzene rings is 2. The van der Waals surface area contributed by atoms with Crippen LogP contribution in [-0.4, -0.2) is 38.6 Å². The van der Waals surface area contributed by atoms with Gasteiger partial charge in [-0.05, 0) is 62.1 Å². The Morgan fingerprint density at radius 2 is 1.71 bits per heavy atom. The van der Waals surface area contributed by atoms with E-state index in [9.17, 15) is 19.5 Å². The van der Waals surface area contributed by atoms with Gasteiger partial charge in [-0.3, -0.25) is 14.6 Å². The third-order valence-corrected chi connectivity index (χ3v) is 8.66. The maximum absolute atomic E-state index is 15.5. The first-order valence-electron chi connectivity index (χ1n) is 16.8. The highest BCUT2D eigenvalue weighted by Gasteiger charge is 2.36. The van der Waals surface area contributed by atoms with Gasteiger partial charge in [0.25, 0.3) is 17.4 Å². The maximum atomic E-state index is 15.5. The molecule has 0 fully saturated rings. The molecule has 11 heteroatoms. The fraction of sp³-hybridized carbons (Fsp3) is 0.421. The molecule has 8 nitrogen and oxygen atoms in total. The number of fused-ring (bicyclic) bond motifs is 1. The summed E-state index contributed by atoms with van der Waals surface area (Å²) in [5.74, 6) is -6.30. The molecule has 4 aromatic rings. The minimum atomic E-state index is -3.28. The maximum Gasteiger partial charge on any atom is 0.326 e. The zero-order valence-corrected chi connectivity index (χ0v) is 29.5. The number of rotatable bonds is 13. The molecule has 0 saturated heterocycles. The Morgan fingerprint density at radius 3 is 2.31 bits per heavy atom. The normalized spacial score (nSPS) is 12.0. The van der Waals surface area contributed by atoms with Crippen molar-refractivity contribution in [3.05, 3.63) is 92.8 Å². The van der Waals surface area contributed by atoms with E-state index >= 15 is 13.2 Å². The van der Waals surface area contributed by atoms with Crippen molar-refractivity contribution in [1.82, 2.24) is 14.9 Å². The summed E-state index contributed by atoms with van der Waals surface area (Å²) in [6.07, 6.45) is 2.65. The van der Waals surface area contributed by atoms with Crippen molar-refractivity contribution in [2.24, 2.45) is 7.05 Å². The van der Waals surface area contributed by atoms with Crippen molar-refractivity contribution in [1.29, 1.82) is 0 Å². The van der Waals surface area contributed by atoms with E-state index < -0.39 is 47.2 Å². The third-order valence-electron chi connectivity index (χ3n) is 8.66. The van der Waals surface area contributed by atoms with E-state index in [2.05, 4.69) is 15.6 Å². The number of aromatic nitrogens is 2. The van der Waals surface area contributed by atoms with E-state index in [0.29, 0.717) is 27.9 Å². The number of carboxylic acid groups (broad SMARTS) is 1. The van der Waals surface area contributed by atoms with E-state index in [1.54, 1.807) is 45.0 Å². The molecule has 1 atom stereocenters. The minimum absolute atomic E-state index is 0.133. The Hall–Kier alpha value is -4.67. The molecule has 0 spiro atoms. The quantitative estimate of drug-likeness (QED) is 0.131. The van der Waals surface area contributed by atoms with Crippen LogP contribution in [0.4, 0.5) is 18.9 Å². The van der Waals surface area contributed by atoms with Gasteiger partial charge in [0.1, 0.15) is 11.9 Å². The van der Waals surface area contributed by atoms with Crippen LogP contribution in [0.1, 0.15) is 93.0 Å². The molecule has 0 aliphatic carbocycles. The SMILES string of the molecule is CC.CCCC(F)(F)c1cc(C)n(C)c(=O)c1-c1ccc(C[C@H](NC(=O)c2c(C)cc(NC(CC)CC)cc2F)C(=O)O)c2cccnc12.